The summed E-state index contributed by atoms with van der Waals surface area (Å²) in [5.41, 5.74) is 4.02. The monoisotopic (exact) mass is 376 g/mol. The van der Waals surface area contributed by atoms with E-state index in [-0.39, 0.29) is 6.04 Å². The molecule has 0 amide bonds. The van der Waals surface area contributed by atoms with E-state index in [0.717, 1.165) is 37.8 Å². The summed E-state index contributed by atoms with van der Waals surface area (Å²) < 4.78 is 38.7. The van der Waals surface area contributed by atoms with E-state index >= 15 is 0 Å². The molecule has 1 heterocycles. The van der Waals surface area contributed by atoms with Gasteiger partial charge in [0.1, 0.15) is 0 Å². The van der Waals surface area contributed by atoms with Crippen molar-refractivity contribution < 1.29 is 13.2 Å². The maximum absolute atomic E-state index is 12.9. The van der Waals surface area contributed by atoms with E-state index in [4.69, 9.17) is 0 Å². The van der Waals surface area contributed by atoms with Crippen molar-refractivity contribution in [3.63, 3.8) is 0 Å². The molecular weight excluding hydrogens is 349 g/mol. The molecule has 2 aromatic rings. The first kappa shape index (κ1) is 19.7. The molecule has 2 nitrogen and oxygen atoms in total. The van der Waals surface area contributed by atoms with Crippen molar-refractivity contribution >= 4 is 5.69 Å². The Hall–Kier alpha value is -2.01. The summed E-state index contributed by atoms with van der Waals surface area (Å²) in [7, 11) is 0. The van der Waals surface area contributed by atoms with Crippen LogP contribution < -0.4 is 4.90 Å². The summed E-state index contributed by atoms with van der Waals surface area (Å²) in [6.45, 7) is 10.1. The lowest BCUT2D eigenvalue weighted by atomic mass is 10.0. The van der Waals surface area contributed by atoms with Crippen molar-refractivity contribution in [2.45, 2.75) is 39.4 Å². The number of benzene rings is 2. The van der Waals surface area contributed by atoms with Crippen LogP contribution in [-0.2, 0) is 12.6 Å². The average molecular weight is 376 g/mol. The van der Waals surface area contributed by atoms with Crippen LogP contribution in [0.1, 0.15) is 29.2 Å². The number of nitrogens with zero attached hydrogens (tertiary/aromatic N) is 2. The molecule has 1 fully saturated rings. The predicted octanol–water partition coefficient (Wildman–Crippen LogP) is 5.08. The lowest BCUT2D eigenvalue weighted by Crippen LogP contribution is -2.50. The van der Waals surface area contributed by atoms with Gasteiger partial charge in [-0.15, -0.1) is 0 Å². The van der Waals surface area contributed by atoms with Crippen LogP contribution in [0.25, 0.3) is 0 Å². The largest absolute Gasteiger partial charge is 0.416 e. The molecule has 0 radical (unpaired) electrons. The number of hydrogen-bond donors (Lipinski definition) is 0. The van der Waals surface area contributed by atoms with Gasteiger partial charge in [0.05, 0.1) is 5.56 Å². The van der Waals surface area contributed by atoms with Crippen LogP contribution in [-0.4, -0.2) is 37.1 Å². The topological polar surface area (TPSA) is 6.48 Å². The Kier molecular flexibility index (Phi) is 5.80. The number of alkyl halides is 3. The van der Waals surface area contributed by atoms with Crippen LogP contribution in [0.4, 0.5) is 18.9 Å². The average Bonchev–Trinajstić information content (AvgIpc) is 2.63. The fourth-order valence-corrected chi connectivity index (χ4v) is 3.81. The second kappa shape index (κ2) is 7.93. The summed E-state index contributed by atoms with van der Waals surface area (Å²) in [6.07, 6.45) is -3.65. The van der Waals surface area contributed by atoms with Crippen molar-refractivity contribution in [1.29, 1.82) is 0 Å². The quantitative estimate of drug-likeness (QED) is 0.735. The smallest absolute Gasteiger partial charge is 0.369 e. The normalized spacial score (nSPS) is 17.2. The molecule has 1 aliphatic heterocycles. The van der Waals surface area contributed by atoms with E-state index < -0.39 is 11.7 Å². The Labute approximate surface area is 159 Å². The Morgan fingerprint density at radius 1 is 0.963 bits per heavy atom. The Balaban J connectivity index is 1.60. The zero-order chi connectivity index (χ0) is 19.6. The summed E-state index contributed by atoms with van der Waals surface area (Å²) >= 11 is 0. The van der Waals surface area contributed by atoms with E-state index in [9.17, 15) is 13.2 Å². The van der Waals surface area contributed by atoms with Crippen molar-refractivity contribution in [1.82, 2.24) is 4.90 Å². The molecule has 3 rings (SSSR count). The van der Waals surface area contributed by atoms with E-state index in [1.54, 1.807) is 6.07 Å². The van der Waals surface area contributed by atoms with Crippen LogP contribution in [0.5, 0.6) is 0 Å². The minimum absolute atomic E-state index is 0.217. The van der Waals surface area contributed by atoms with Gasteiger partial charge in [0.2, 0.25) is 0 Å². The van der Waals surface area contributed by atoms with Gasteiger partial charge in [-0.3, -0.25) is 4.90 Å². The standard InChI is InChI=1S/C22H27F3N2/c1-16-7-8-17(2)21(13-16)27-11-9-26(10-12-27)18(3)14-19-5-4-6-20(15-19)22(23,24)25/h4-8,13,15,18H,9-12,14H2,1-3H3/t18-/m1/s1. The number of rotatable bonds is 4. The Bertz CT molecular complexity index is 777. The van der Waals surface area contributed by atoms with Gasteiger partial charge in [-0.05, 0) is 56.0 Å². The molecule has 0 bridgehead atoms. The van der Waals surface area contributed by atoms with Crippen LogP contribution in [0.15, 0.2) is 42.5 Å². The van der Waals surface area contributed by atoms with Gasteiger partial charge < -0.3 is 4.90 Å². The molecule has 5 heteroatoms. The highest BCUT2D eigenvalue weighted by atomic mass is 19.4. The maximum atomic E-state index is 12.9. The molecule has 1 saturated heterocycles. The third-order valence-corrected chi connectivity index (χ3v) is 5.43. The lowest BCUT2D eigenvalue weighted by Gasteiger charge is -2.40. The van der Waals surface area contributed by atoms with Crippen LogP contribution in [0, 0.1) is 13.8 Å². The molecule has 0 aliphatic carbocycles. The fourth-order valence-electron chi connectivity index (χ4n) is 3.81. The molecule has 0 unspecified atom stereocenters. The molecule has 1 atom stereocenters. The minimum atomic E-state index is -4.28. The Morgan fingerprint density at radius 2 is 1.67 bits per heavy atom. The van der Waals surface area contributed by atoms with Gasteiger partial charge in [0, 0.05) is 37.9 Å². The van der Waals surface area contributed by atoms with Gasteiger partial charge >= 0.3 is 6.18 Å². The van der Waals surface area contributed by atoms with Gasteiger partial charge in [-0.1, -0.05) is 30.3 Å². The maximum Gasteiger partial charge on any atom is 0.416 e. The van der Waals surface area contributed by atoms with E-state index in [2.05, 4.69) is 48.8 Å². The highest BCUT2D eigenvalue weighted by molar-refractivity contribution is 5.55. The van der Waals surface area contributed by atoms with Crippen LogP contribution >= 0.6 is 0 Å². The molecule has 0 spiro atoms. The molecule has 0 N–H and O–H groups in total. The molecule has 0 aromatic heterocycles. The van der Waals surface area contributed by atoms with Gasteiger partial charge in [-0.25, -0.2) is 0 Å². The molecule has 2 aromatic carbocycles. The summed E-state index contributed by atoms with van der Waals surface area (Å²) in [4.78, 5) is 4.79. The number of hydrogen-bond acceptors (Lipinski definition) is 2. The van der Waals surface area contributed by atoms with E-state index in [1.807, 2.05) is 0 Å². The third-order valence-electron chi connectivity index (χ3n) is 5.43. The highest BCUT2D eigenvalue weighted by Crippen LogP contribution is 2.30. The summed E-state index contributed by atoms with van der Waals surface area (Å²) in [6, 6.07) is 12.5. The fraction of sp³-hybridized carbons (Fsp3) is 0.455. The van der Waals surface area contributed by atoms with Gasteiger partial charge in [-0.2, -0.15) is 13.2 Å². The first-order chi connectivity index (χ1) is 12.7. The van der Waals surface area contributed by atoms with Gasteiger partial charge in [0.25, 0.3) is 0 Å². The number of halogens is 3. The first-order valence-corrected chi connectivity index (χ1v) is 9.46. The van der Waals surface area contributed by atoms with Gasteiger partial charge in [0.15, 0.2) is 0 Å². The number of piperazine rings is 1. The van der Waals surface area contributed by atoms with Crippen LogP contribution in [0.3, 0.4) is 0 Å². The second-order valence-corrected chi connectivity index (χ2v) is 7.56. The highest BCUT2D eigenvalue weighted by Gasteiger charge is 2.30. The molecule has 146 valence electrons. The van der Waals surface area contributed by atoms with Crippen molar-refractivity contribution in [2.24, 2.45) is 0 Å². The minimum Gasteiger partial charge on any atom is -0.369 e. The molecule has 27 heavy (non-hydrogen) atoms. The Morgan fingerprint density at radius 3 is 2.33 bits per heavy atom. The van der Waals surface area contributed by atoms with Crippen molar-refractivity contribution in [3.05, 3.63) is 64.7 Å². The first-order valence-electron chi connectivity index (χ1n) is 9.46. The van der Waals surface area contributed by atoms with Crippen molar-refractivity contribution in [2.75, 3.05) is 31.1 Å². The molecule has 0 saturated carbocycles. The predicted molar refractivity (Wildman–Crippen MR) is 104 cm³/mol. The second-order valence-electron chi connectivity index (χ2n) is 7.56. The summed E-state index contributed by atoms with van der Waals surface area (Å²) in [5, 5.41) is 0. The third kappa shape index (κ3) is 4.83. The van der Waals surface area contributed by atoms with E-state index in [0.29, 0.717) is 6.42 Å². The molecule has 1 aliphatic rings. The lowest BCUT2D eigenvalue weighted by molar-refractivity contribution is -0.137. The molecular formula is C22H27F3N2. The van der Waals surface area contributed by atoms with E-state index in [1.165, 1.54) is 28.9 Å². The zero-order valence-electron chi connectivity index (χ0n) is 16.2. The number of aryl methyl sites for hydroxylation is 2. The zero-order valence-corrected chi connectivity index (χ0v) is 16.2. The SMILES string of the molecule is Cc1ccc(C)c(N2CCN([C@H](C)Cc3cccc(C(F)(F)F)c3)CC2)c1. The van der Waals surface area contributed by atoms with Crippen LogP contribution in [0.2, 0.25) is 0 Å². The summed E-state index contributed by atoms with van der Waals surface area (Å²) in [5.74, 6) is 0. The number of anilines is 1. The van der Waals surface area contributed by atoms with Crippen molar-refractivity contribution in [3.8, 4) is 0 Å².